The van der Waals surface area contributed by atoms with Crippen LogP contribution < -0.4 is 0 Å². The normalized spacial score (nSPS) is 13.1. The maximum Gasteiger partial charge on any atom is 0.0634 e. The molecule has 1 aliphatic rings. The zero-order chi connectivity index (χ0) is 16.3. The number of halogens is 1. The van der Waals surface area contributed by atoms with Crippen LogP contribution in [-0.4, -0.2) is 9.13 Å². The molecule has 1 aliphatic heterocycles. The van der Waals surface area contributed by atoms with Gasteiger partial charge in [-0.25, -0.2) is 0 Å². The predicted octanol–water partition coefficient (Wildman–Crippen LogP) is 5.25. The van der Waals surface area contributed by atoms with Crippen molar-refractivity contribution in [1.82, 2.24) is 9.13 Å². The molecule has 0 unspecified atom stereocenters. The highest BCUT2D eigenvalue weighted by Gasteiger charge is 2.23. The van der Waals surface area contributed by atoms with E-state index in [1.165, 1.54) is 39.1 Å². The van der Waals surface area contributed by atoms with Crippen LogP contribution in [0.2, 0.25) is 5.02 Å². The first-order valence-electron chi connectivity index (χ1n) is 8.22. The standard InChI is InChI=1S/C21H17ClN2/c1-23-20-5-3-2-4-17(20)18-12-16-10-11-19(24(16)13-21(18)23)14-6-8-15(22)9-7-14/h2-11H,12-13H2,1H3. The van der Waals surface area contributed by atoms with Crippen molar-refractivity contribution in [3.05, 3.63) is 82.6 Å². The highest BCUT2D eigenvalue weighted by atomic mass is 35.5. The number of rotatable bonds is 1. The van der Waals surface area contributed by atoms with E-state index in [1.54, 1.807) is 0 Å². The molecule has 0 amide bonds. The van der Waals surface area contributed by atoms with Crippen molar-refractivity contribution in [1.29, 1.82) is 0 Å². The molecule has 3 heterocycles. The van der Waals surface area contributed by atoms with Gasteiger partial charge in [-0.1, -0.05) is 41.9 Å². The van der Waals surface area contributed by atoms with Crippen molar-refractivity contribution in [2.24, 2.45) is 7.05 Å². The molecule has 24 heavy (non-hydrogen) atoms. The number of aryl methyl sites for hydroxylation is 1. The maximum atomic E-state index is 6.04. The molecule has 0 N–H and O–H groups in total. The van der Waals surface area contributed by atoms with Crippen molar-refractivity contribution in [2.45, 2.75) is 13.0 Å². The lowest BCUT2D eigenvalue weighted by Gasteiger charge is -2.21. The molecule has 0 radical (unpaired) electrons. The van der Waals surface area contributed by atoms with Crippen LogP contribution in [0.4, 0.5) is 0 Å². The van der Waals surface area contributed by atoms with Crippen molar-refractivity contribution >= 4 is 22.5 Å². The van der Waals surface area contributed by atoms with E-state index in [4.69, 9.17) is 11.6 Å². The number of benzene rings is 2. The van der Waals surface area contributed by atoms with Gasteiger partial charge in [0.05, 0.1) is 6.54 Å². The van der Waals surface area contributed by atoms with Crippen LogP contribution in [0.5, 0.6) is 0 Å². The second-order valence-corrected chi connectivity index (χ2v) is 6.92. The number of para-hydroxylation sites is 1. The first-order valence-corrected chi connectivity index (χ1v) is 8.59. The Bertz CT molecular complexity index is 1070. The van der Waals surface area contributed by atoms with E-state index in [1.807, 2.05) is 12.1 Å². The quantitative estimate of drug-likeness (QED) is 0.396. The second-order valence-electron chi connectivity index (χ2n) is 6.48. The lowest BCUT2D eigenvalue weighted by Crippen LogP contribution is -2.16. The van der Waals surface area contributed by atoms with E-state index in [9.17, 15) is 0 Å². The topological polar surface area (TPSA) is 9.86 Å². The molecule has 0 aliphatic carbocycles. The fourth-order valence-electron chi connectivity index (χ4n) is 3.98. The number of hydrogen-bond donors (Lipinski definition) is 0. The van der Waals surface area contributed by atoms with Gasteiger partial charge in [-0.05, 0) is 41.5 Å². The Morgan fingerprint density at radius 2 is 1.71 bits per heavy atom. The van der Waals surface area contributed by atoms with Gasteiger partial charge in [0.15, 0.2) is 0 Å². The number of aromatic nitrogens is 2. The summed E-state index contributed by atoms with van der Waals surface area (Å²) in [6, 6.07) is 21.3. The lowest BCUT2D eigenvalue weighted by atomic mass is 10.0. The van der Waals surface area contributed by atoms with Gasteiger partial charge in [-0.3, -0.25) is 0 Å². The molecule has 0 saturated carbocycles. The average molecular weight is 333 g/mol. The van der Waals surface area contributed by atoms with Crippen molar-refractivity contribution in [2.75, 3.05) is 0 Å². The third-order valence-corrected chi connectivity index (χ3v) is 5.47. The summed E-state index contributed by atoms with van der Waals surface area (Å²) in [5.41, 5.74) is 8.06. The average Bonchev–Trinajstić information content (AvgIpc) is 3.14. The Balaban J connectivity index is 1.67. The molecule has 0 bridgehead atoms. The van der Waals surface area contributed by atoms with Gasteiger partial charge in [0.25, 0.3) is 0 Å². The third-order valence-electron chi connectivity index (χ3n) is 5.22. The van der Waals surface area contributed by atoms with Crippen molar-refractivity contribution in [3.63, 3.8) is 0 Å². The van der Waals surface area contributed by atoms with Gasteiger partial charge in [0, 0.05) is 46.5 Å². The summed E-state index contributed by atoms with van der Waals surface area (Å²) in [5, 5.41) is 2.16. The van der Waals surface area contributed by atoms with Crippen LogP contribution in [0.25, 0.3) is 22.2 Å². The van der Waals surface area contributed by atoms with Crippen LogP contribution in [0.3, 0.4) is 0 Å². The molecule has 0 spiro atoms. The largest absolute Gasteiger partial charge is 0.346 e. The van der Waals surface area contributed by atoms with Crippen LogP contribution in [0, 0.1) is 0 Å². The summed E-state index contributed by atoms with van der Waals surface area (Å²) in [6.45, 7) is 0.917. The van der Waals surface area contributed by atoms with Gasteiger partial charge in [-0.2, -0.15) is 0 Å². The Morgan fingerprint density at radius 1 is 0.917 bits per heavy atom. The first-order chi connectivity index (χ1) is 11.7. The smallest absolute Gasteiger partial charge is 0.0634 e. The molecule has 2 nitrogen and oxygen atoms in total. The SMILES string of the molecule is Cn1c2c(c3ccccc31)Cc1ccc(-c3ccc(Cl)cc3)n1C2. The Labute approximate surface area is 145 Å². The second kappa shape index (κ2) is 5.02. The monoisotopic (exact) mass is 332 g/mol. The van der Waals surface area contributed by atoms with Gasteiger partial charge in [0.2, 0.25) is 0 Å². The van der Waals surface area contributed by atoms with E-state index < -0.39 is 0 Å². The molecule has 2 aromatic heterocycles. The third kappa shape index (κ3) is 1.90. The number of hydrogen-bond acceptors (Lipinski definition) is 0. The Hall–Kier alpha value is -2.45. The summed E-state index contributed by atoms with van der Waals surface area (Å²) in [4.78, 5) is 0. The summed E-state index contributed by atoms with van der Waals surface area (Å²) in [7, 11) is 2.18. The van der Waals surface area contributed by atoms with Gasteiger partial charge >= 0.3 is 0 Å². The van der Waals surface area contributed by atoms with Gasteiger partial charge in [0.1, 0.15) is 0 Å². The molecule has 118 valence electrons. The number of nitrogens with zero attached hydrogens (tertiary/aromatic N) is 2. The Kier molecular flexibility index (Phi) is 2.92. The van der Waals surface area contributed by atoms with Crippen LogP contribution in [0.1, 0.15) is 17.0 Å². The lowest BCUT2D eigenvalue weighted by molar-refractivity contribution is 0.678. The Morgan fingerprint density at radius 3 is 2.54 bits per heavy atom. The molecular weight excluding hydrogens is 316 g/mol. The summed E-state index contributed by atoms with van der Waals surface area (Å²) >= 11 is 6.04. The van der Waals surface area contributed by atoms with Crippen LogP contribution >= 0.6 is 11.6 Å². The van der Waals surface area contributed by atoms with Crippen LogP contribution in [-0.2, 0) is 20.0 Å². The van der Waals surface area contributed by atoms with Gasteiger partial charge < -0.3 is 9.13 Å². The van der Waals surface area contributed by atoms with Crippen molar-refractivity contribution < 1.29 is 0 Å². The minimum atomic E-state index is 0.778. The summed E-state index contributed by atoms with van der Waals surface area (Å²) < 4.78 is 4.78. The van der Waals surface area contributed by atoms with Crippen LogP contribution in [0.15, 0.2) is 60.7 Å². The fourth-order valence-corrected chi connectivity index (χ4v) is 4.10. The predicted molar refractivity (Wildman–Crippen MR) is 99.7 cm³/mol. The minimum absolute atomic E-state index is 0.778. The van der Waals surface area contributed by atoms with E-state index in [0.717, 1.165) is 18.0 Å². The maximum absolute atomic E-state index is 6.04. The molecule has 0 saturated heterocycles. The summed E-state index contributed by atoms with van der Waals surface area (Å²) in [6.07, 6.45) is 0.990. The highest BCUT2D eigenvalue weighted by molar-refractivity contribution is 6.30. The number of fused-ring (bicyclic) bond motifs is 4. The van der Waals surface area contributed by atoms with Crippen molar-refractivity contribution in [3.8, 4) is 11.3 Å². The first kappa shape index (κ1) is 13.9. The molecule has 0 atom stereocenters. The van der Waals surface area contributed by atoms with E-state index in [-0.39, 0.29) is 0 Å². The van der Waals surface area contributed by atoms with Gasteiger partial charge in [-0.15, -0.1) is 0 Å². The minimum Gasteiger partial charge on any atom is -0.346 e. The molecule has 5 rings (SSSR count). The molecule has 2 aromatic carbocycles. The molecule has 3 heteroatoms. The van der Waals surface area contributed by atoms with E-state index in [0.29, 0.717) is 0 Å². The molecule has 4 aromatic rings. The molecular formula is C21H17ClN2. The zero-order valence-electron chi connectivity index (χ0n) is 13.5. The van der Waals surface area contributed by atoms with E-state index >= 15 is 0 Å². The highest BCUT2D eigenvalue weighted by Crippen LogP contribution is 2.35. The summed E-state index contributed by atoms with van der Waals surface area (Å²) in [5.74, 6) is 0. The zero-order valence-corrected chi connectivity index (χ0v) is 14.2. The molecule has 0 fully saturated rings. The van der Waals surface area contributed by atoms with E-state index in [2.05, 4.69) is 64.7 Å². The fraction of sp³-hybridized carbons (Fsp3) is 0.143.